The van der Waals surface area contributed by atoms with Crippen LogP contribution in [0.5, 0.6) is 0 Å². The fourth-order valence-corrected chi connectivity index (χ4v) is 2.65. The van der Waals surface area contributed by atoms with Crippen LogP contribution in [0.2, 0.25) is 5.02 Å². The molecule has 3 aromatic rings. The fraction of sp³-hybridized carbons (Fsp3) is 0.0588. The van der Waals surface area contributed by atoms with Crippen LogP contribution in [0.15, 0.2) is 54.9 Å². The quantitative estimate of drug-likeness (QED) is 0.495. The molecule has 10 nitrogen and oxygen atoms in total. The standard InChI is InChI=1S/C17H12ClN5O5/c18-16-4-2-1-3-11(16)9-21-10-13(8-19-21)20-17(24)12-5-14(22(25)26)7-15(6-12)23(27)28/h1-8,10H,9H2,(H,20,24). The number of rotatable bonds is 6. The van der Waals surface area contributed by atoms with Crippen molar-refractivity contribution < 1.29 is 14.6 Å². The van der Waals surface area contributed by atoms with Crippen molar-refractivity contribution in [3.63, 3.8) is 0 Å². The first kappa shape index (κ1) is 19.0. The lowest BCUT2D eigenvalue weighted by Crippen LogP contribution is -2.12. The van der Waals surface area contributed by atoms with Gasteiger partial charge in [-0.15, -0.1) is 0 Å². The van der Waals surface area contributed by atoms with E-state index in [-0.39, 0.29) is 5.56 Å². The lowest BCUT2D eigenvalue weighted by molar-refractivity contribution is -0.394. The number of hydrogen-bond acceptors (Lipinski definition) is 6. The van der Waals surface area contributed by atoms with Crippen LogP contribution in [0, 0.1) is 20.2 Å². The van der Waals surface area contributed by atoms with Crippen LogP contribution in [0.1, 0.15) is 15.9 Å². The van der Waals surface area contributed by atoms with Crippen LogP contribution in [0.25, 0.3) is 0 Å². The van der Waals surface area contributed by atoms with E-state index in [1.165, 1.54) is 6.20 Å². The largest absolute Gasteiger partial charge is 0.319 e. The van der Waals surface area contributed by atoms with E-state index < -0.39 is 27.1 Å². The molecule has 11 heteroatoms. The van der Waals surface area contributed by atoms with E-state index in [0.29, 0.717) is 17.3 Å². The van der Waals surface area contributed by atoms with Gasteiger partial charge in [-0.1, -0.05) is 29.8 Å². The molecule has 1 amide bonds. The maximum Gasteiger partial charge on any atom is 0.277 e. The van der Waals surface area contributed by atoms with Crippen LogP contribution in [0.4, 0.5) is 17.1 Å². The second-order valence-electron chi connectivity index (χ2n) is 5.72. The molecule has 0 radical (unpaired) electrons. The van der Waals surface area contributed by atoms with Crippen molar-refractivity contribution in [2.45, 2.75) is 6.54 Å². The Hall–Kier alpha value is -3.79. The van der Waals surface area contributed by atoms with Crippen LogP contribution < -0.4 is 5.32 Å². The van der Waals surface area contributed by atoms with E-state index in [1.54, 1.807) is 23.0 Å². The minimum Gasteiger partial charge on any atom is -0.319 e. The zero-order chi connectivity index (χ0) is 20.3. The normalized spacial score (nSPS) is 10.5. The van der Waals surface area contributed by atoms with Crippen LogP contribution in [-0.2, 0) is 6.54 Å². The van der Waals surface area contributed by atoms with Gasteiger partial charge in [0, 0.05) is 23.4 Å². The molecule has 0 unspecified atom stereocenters. The molecule has 1 N–H and O–H groups in total. The number of non-ortho nitro benzene ring substituents is 2. The summed E-state index contributed by atoms with van der Waals surface area (Å²) in [4.78, 5) is 32.7. The van der Waals surface area contributed by atoms with Gasteiger partial charge in [0.25, 0.3) is 17.3 Å². The average molecular weight is 402 g/mol. The van der Waals surface area contributed by atoms with Crippen molar-refractivity contribution >= 4 is 34.6 Å². The molecule has 0 saturated heterocycles. The number of nitro groups is 2. The summed E-state index contributed by atoms with van der Waals surface area (Å²) < 4.78 is 1.55. The van der Waals surface area contributed by atoms with Gasteiger partial charge in [-0.3, -0.25) is 29.7 Å². The number of benzene rings is 2. The van der Waals surface area contributed by atoms with E-state index >= 15 is 0 Å². The van der Waals surface area contributed by atoms with Gasteiger partial charge in [-0.05, 0) is 11.6 Å². The molecule has 28 heavy (non-hydrogen) atoms. The van der Waals surface area contributed by atoms with Gasteiger partial charge in [0.05, 0.1) is 39.9 Å². The van der Waals surface area contributed by atoms with Gasteiger partial charge in [0.2, 0.25) is 0 Å². The summed E-state index contributed by atoms with van der Waals surface area (Å²) in [6.45, 7) is 0.373. The van der Waals surface area contributed by atoms with E-state index in [2.05, 4.69) is 10.4 Å². The highest BCUT2D eigenvalue weighted by Gasteiger charge is 2.20. The molecule has 3 rings (SSSR count). The Bertz CT molecular complexity index is 1050. The number of nitrogens with zero attached hydrogens (tertiary/aromatic N) is 4. The summed E-state index contributed by atoms with van der Waals surface area (Å²) in [6.07, 6.45) is 2.94. The number of nitrogens with one attached hydrogen (secondary N) is 1. The average Bonchev–Trinajstić information content (AvgIpc) is 3.10. The molecule has 0 spiro atoms. The molecule has 0 aliphatic carbocycles. The summed E-state index contributed by atoms with van der Waals surface area (Å²) >= 11 is 6.11. The SMILES string of the molecule is O=C(Nc1cnn(Cc2ccccc2Cl)c1)c1cc([N+](=O)[O-])cc([N+](=O)[O-])c1. The molecule has 0 fully saturated rings. The first-order chi connectivity index (χ1) is 13.3. The first-order valence-corrected chi connectivity index (χ1v) is 8.22. The molecule has 0 aliphatic rings. The third-order valence-corrected chi connectivity index (χ3v) is 4.14. The lowest BCUT2D eigenvalue weighted by atomic mass is 10.1. The Morgan fingerprint density at radius 1 is 1.11 bits per heavy atom. The van der Waals surface area contributed by atoms with Crippen LogP contribution in [0.3, 0.4) is 0 Å². The zero-order valence-corrected chi connectivity index (χ0v) is 14.9. The number of amides is 1. The molecule has 142 valence electrons. The van der Waals surface area contributed by atoms with E-state index in [0.717, 1.165) is 23.8 Å². The molecule has 0 atom stereocenters. The van der Waals surface area contributed by atoms with Crippen molar-refractivity contribution in [3.8, 4) is 0 Å². The van der Waals surface area contributed by atoms with Crippen molar-refractivity contribution in [3.05, 3.63) is 91.2 Å². The highest BCUT2D eigenvalue weighted by atomic mass is 35.5. The molecule has 1 aromatic heterocycles. The summed E-state index contributed by atoms with van der Waals surface area (Å²) in [6, 6.07) is 9.95. The number of hydrogen-bond donors (Lipinski definition) is 1. The zero-order valence-electron chi connectivity index (χ0n) is 14.1. The van der Waals surface area contributed by atoms with Gasteiger partial charge in [-0.25, -0.2) is 0 Å². The highest BCUT2D eigenvalue weighted by molar-refractivity contribution is 6.31. The van der Waals surface area contributed by atoms with E-state index in [4.69, 9.17) is 11.6 Å². The van der Waals surface area contributed by atoms with Crippen molar-refractivity contribution in [1.29, 1.82) is 0 Å². The Morgan fingerprint density at radius 3 is 2.36 bits per heavy atom. The Morgan fingerprint density at radius 2 is 1.75 bits per heavy atom. The van der Waals surface area contributed by atoms with Crippen molar-refractivity contribution in [2.24, 2.45) is 0 Å². The second-order valence-corrected chi connectivity index (χ2v) is 6.13. The monoisotopic (exact) mass is 401 g/mol. The third-order valence-electron chi connectivity index (χ3n) is 3.77. The summed E-state index contributed by atoms with van der Waals surface area (Å²) in [7, 11) is 0. The Balaban J connectivity index is 1.78. The number of aromatic nitrogens is 2. The van der Waals surface area contributed by atoms with Crippen LogP contribution >= 0.6 is 11.6 Å². The molecular formula is C17H12ClN5O5. The van der Waals surface area contributed by atoms with Crippen LogP contribution in [-0.4, -0.2) is 25.5 Å². The topological polar surface area (TPSA) is 133 Å². The van der Waals surface area contributed by atoms with E-state index in [9.17, 15) is 25.0 Å². The first-order valence-electron chi connectivity index (χ1n) is 7.84. The van der Waals surface area contributed by atoms with Gasteiger partial charge in [0.15, 0.2) is 0 Å². The van der Waals surface area contributed by atoms with E-state index in [1.807, 2.05) is 12.1 Å². The molecule has 2 aromatic carbocycles. The number of halogens is 1. The number of carbonyl (C=O) groups is 1. The smallest absolute Gasteiger partial charge is 0.277 e. The minimum atomic E-state index is -0.800. The van der Waals surface area contributed by atoms with Crippen molar-refractivity contribution in [1.82, 2.24) is 9.78 Å². The fourth-order valence-electron chi connectivity index (χ4n) is 2.46. The van der Waals surface area contributed by atoms with Gasteiger partial charge in [-0.2, -0.15) is 5.10 Å². The predicted octanol–water partition coefficient (Wildman–Crippen LogP) is 3.65. The Kier molecular flexibility index (Phi) is 5.32. The second kappa shape index (κ2) is 7.84. The maximum absolute atomic E-state index is 12.4. The highest BCUT2D eigenvalue weighted by Crippen LogP contribution is 2.23. The molecule has 0 saturated carbocycles. The maximum atomic E-state index is 12.4. The molecule has 0 bridgehead atoms. The molecular weight excluding hydrogens is 390 g/mol. The Labute approximate surface area is 162 Å². The molecule has 1 heterocycles. The lowest BCUT2D eigenvalue weighted by Gasteiger charge is -2.04. The van der Waals surface area contributed by atoms with Gasteiger partial charge < -0.3 is 5.32 Å². The number of anilines is 1. The van der Waals surface area contributed by atoms with Crippen molar-refractivity contribution in [2.75, 3.05) is 5.32 Å². The summed E-state index contributed by atoms with van der Waals surface area (Å²) in [5.41, 5.74) is -0.145. The minimum absolute atomic E-state index is 0.209. The number of nitro benzene ring substituents is 2. The predicted molar refractivity (Wildman–Crippen MR) is 100 cm³/mol. The third kappa shape index (κ3) is 4.30. The summed E-state index contributed by atoms with van der Waals surface area (Å²) in [5.74, 6) is -0.732. The van der Waals surface area contributed by atoms with Gasteiger partial charge >= 0.3 is 0 Å². The summed E-state index contributed by atoms with van der Waals surface area (Å²) in [5, 5.41) is 29.1. The number of carbonyl (C=O) groups excluding carboxylic acids is 1. The molecule has 0 aliphatic heterocycles. The van der Waals surface area contributed by atoms with Gasteiger partial charge in [0.1, 0.15) is 0 Å².